The molecule has 1 aliphatic rings. The van der Waals surface area contributed by atoms with E-state index in [2.05, 4.69) is 0 Å². The Morgan fingerprint density at radius 2 is 1.56 bits per heavy atom. The van der Waals surface area contributed by atoms with E-state index < -0.39 is 6.04 Å². The average Bonchev–Trinajstić information content (AvgIpc) is 3.24. The Labute approximate surface area is 226 Å². The van der Waals surface area contributed by atoms with E-state index in [9.17, 15) is 9.59 Å². The fourth-order valence-corrected chi connectivity index (χ4v) is 5.08. The van der Waals surface area contributed by atoms with Crippen molar-refractivity contribution in [3.05, 3.63) is 141 Å². The molecule has 0 aliphatic carbocycles. The van der Waals surface area contributed by atoms with Gasteiger partial charge in [-0.2, -0.15) is 0 Å². The number of benzene rings is 4. The van der Waals surface area contributed by atoms with Crippen molar-refractivity contribution in [1.29, 1.82) is 0 Å². The van der Waals surface area contributed by atoms with Crippen LogP contribution in [0.4, 0.5) is 0 Å². The largest absolute Gasteiger partial charge is 0.493 e. The zero-order valence-electron chi connectivity index (χ0n) is 21.7. The molecule has 4 aromatic carbocycles. The molecule has 0 N–H and O–H groups in total. The first-order valence-corrected chi connectivity index (χ1v) is 12.8. The van der Waals surface area contributed by atoms with Gasteiger partial charge >= 0.3 is 0 Å². The number of aryl methyl sites for hydroxylation is 1. The Morgan fingerprint density at radius 3 is 2.33 bits per heavy atom. The van der Waals surface area contributed by atoms with Gasteiger partial charge in [0.05, 0.1) is 24.1 Å². The number of hydrogen-bond acceptors (Lipinski definition) is 5. The predicted molar refractivity (Wildman–Crippen MR) is 149 cm³/mol. The molecule has 6 nitrogen and oxygen atoms in total. The van der Waals surface area contributed by atoms with E-state index in [1.165, 1.54) is 0 Å². The number of rotatable bonds is 7. The minimum atomic E-state index is -0.647. The van der Waals surface area contributed by atoms with Crippen LogP contribution in [-0.4, -0.2) is 17.9 Å². The Balaban J connectivity index is 1.44. The minimum Gasteiger partial charge on any atom is -0.493 e. The average molecular weight is 518 g/mol. The molecule has 1 aliphatic heterocycles. The summed E-state index contributed by atoms with van der Waals surface area (Å²) in [6, 6.07) is 29.8. The topological polar surface area (TPSA) is 69.0 Å². The molecule has 0 radical (unpaired) electrons. The van der Waals surface area contributed by atoms with Gasteiger partial charge in [0.1, 0.15) is 12.2 Å². The highest BCUT2D eigenvalue weighted by molar-refractivity contribution is 5.99. The van der Waals surface area contributed by atoms with Crippen LogP contribution >= 0.6 is 0 Å². The van der Waals surface area contributed by atoms with Crippen molar-refractivity contribution in [3.8, 4) is 11.5 Å². The smallest absolute Gasteiger partial charge is 0.291 e. The van der Waals surface area contributed by atoms with Gasteiger partial charge in [0.15, 0.2) is 16.9 Å². The molecule has 1 amide bonds. The van der Waals surface area contributed by atoms with E-state index in [-0.39, 0.29) is 17.1 Å². The van der Waals surface area contributed by atoms with Crippen molar-refractivity contribution in [2.45, 2.75) is 26.1 Å². The minimum absolute atomic E-state index is 0.0826. The second-order valence-corrected chi connectivity index (χ2v) is 9.68. The second-order valence-electron chi connectivity index (χ2n) is 9.68. The number of methoxy groups -OCH3 is 1. The maximum Gasteiger partial charge on any atom is 0.291 e. The van der Waals surface area contributed by atoms with Crippen LogP contribution in [0.15, 0.2) is 106 Å². The third-order valence-corrected chi connectivity index (χ3v) is 7.09. The van der Waals surface area contributed by atoms with Gasteiger partial charge in [0.25, 0.3) is 5.91 Å². The van der Waals surface area contributed by atoms with Gasteiger partial charge in [0, 0.05) is 6.54 Å². The fraction of sp³-hybridized carbons (Fsp3) is 0.152. The van der Waals surface area contributed by atoms with Gasteiger partial charge in [0.2, 0.25) is 5.76 Å². The highest BCUT2D eigenvalue weighted by atomic mass is 16.5. The molecule has 0 saturated heterocycles. The van der Waals surface area contributed by atoms with Crippen molar-refractivity contribution in [1.82, 2.24) is 4.90 Å². The van der Waals surface area contributed by atoms with Gasteiger partial charge in [-0.15, -0.1) is 0 Å². The molecule has 194 valence electrons. The summed E-state index contributed by atoms with van der Waals surface area (Å²) in [6.07, 6.45) is 0. The number of para-hydroxylation sites is 1. The summed E-state index contributed by atoms with van der Waals surface area (Å²) in [7, 11) is 1.58. The Morgan fingerprint density at radius 1 is 0.821 bits per heavy atom. The zero-order valence-corrected chi connectivity index (χ0v) is 21.7. The molecular weight excluding hydrogens is 490 g/mol. The van der Waals surface area contributed by atoms with Gasteiger partial charge in [-0.1, -0.05) is 78.4 Å². The normalized spacial score (nSPS) is 14.5. The maximum absolute atomic E-state index is 13.8. The number of ether oxygens (including phenoxy) is 2. The van der Waals surface area contributed by atoms with Crippen LogP contribution in [0.5, 0.6) is 11.5 Å². The highest BCUT2D eigenvalue weighted by Gasteiger charge is 2.43. The lowest BCUT2D eigenvalue weighted by molar-refractivity contribution is 0.0714. The number of carbonyl (C=O) groups is 1. The Bertz CT molecular complexity index is 1720. The first-order chi connectivity index (χ1) is 19.0. The van der Waals surface area contributed by atoms with E-state index in [0.29, 0.717) is 41.2 Å². The lowest BCUT2D eigenvalue weighted by Crippen LogP contribution is -2.29. The molecule has 1 aromatic heterocycles. The van der Waals surface area contributed by atoms with Crippen LogP contribution in [0.1, 0.15) is 44.4 Å². The zero-order chi connectivity index (χ0) is 26.9. The first-order valence-electron chi connectivity index (χ1n) is 12.8. The first kappa shape index (κ1) is 24.5. The van der Waals surface area contributed by atoms with Crippen LogP contribution in [0, 0.1) is 6.92 Å². The van der Waals surface area contributed by atoms with Gasteiger partial charge in [-0.25, -0.2) is 0 Å². The van der Waals surface area contributed by atoms with Crippen LogP contribution < -0.4 is 14.9 Å². The summed E-state index contributed by atoms with van der Waals surface area (Å²) in [5.74, 6) is 0.857. The summed E-state index contributed by atoms with van der Waals surface area (Å²) < 4.78 is 17.8. The molecule has 39 heavy (non-hydrogen) atoms. The van der Waals surface area contributed by atoms with Gasteiger partial charge in [-0.05, 0) is 47.9 Å². The van der Waals surface area contributed by atoms with Crippen LogP contribution in [0.3, 0.4) is 0 Å². The molecule has 2 heterocycles. The molecule has 6 heteroatoms. The molecule has 1 unspecified atom stereocenters. The van der Waals surface area contributed by atoms with Gasteiger partial charge < -0.3 is 18.8 Å². The van der Waals surface area contributed by atoms with E-state index in [0.717, 1.165) is 22.3 Å². The molecule has 0 bridgehead atoms. The third kappa shape index (κ3) is 4.55. The molecule has 5 aromatic rings. The summed E-state index contributed by atoms with van der Waals surface area (Å²) in [5, 5.41) is 0.445. The monoisotopic (exact) mass is 517 g/mol. The Kier molecular flexibility index (Phi) is 6.37. The molecular formula is C33H27NO5. The Hall–Kier alpha value is -4.84. The lowest BCUT2D eigenvalue weighted by Gasteiger charge is -2.26. The van der Waals surface area contributed by atoms with Crippen molar-refractivity contribution in [3.63, 3.8) is 0 Å². The summed E-state index contributed by atoms with van der Waals surface area (Å²) >= 11 is 0. The number of nitrogens with zero attached hydrogens (tertiary/aromatic N) is 1. The summed E-state index contributed by atoms with van der Waals surface area (Å²) in [6.45, 7) is 2.72. The number of fused-ring (bicyclic) bond motifs is 2. The second kappa shape index (κ2) is 10.1. The predicted octanol–water partition coefficient (Wildman–Crippen LogP) is 6.43. The third-order valence-electron chi connectivity index (χ3n) is 7.09. The SMILES string of the molecule is COc1cc(C2c3c(oc4ccccc4c3=O)C(=O)N2Cc2ccc(C)cc2)ccc1OCc1ccccc1. The number of amides is 1. The van der Waals surface area contributed by atoms with E-state index in [4.69, 9.17) is 13.9 Å². The number of hydrogen-bond donors (Lipinski definition) is 0. The van der Waals surface area contributed by atoms with Crippen molar-refractivity contribution in [2.24, 2.45) is 0 Å². The molecule has 0 spiro atoms. The lowest BCUT2D eigenvalue weighted by atomic mass is 9.97. The van der Waals surface area contributed by atoms with Gasteiger partial charge in [-0.3, -0.25) is 9.59 Å². The molecule has 1 atom stereocenters. The quantitative estimate of drug-likeness (QED) is 0.249. The molecule has 0 saturated carbocycles. The number of carbonyl (C=O) groups excluding carboxylic acids is 1. The van der Waals surface area contributed by atoms with Crippen LogP contribution in [0.25, 0.3) is 11.0 Å². The van der Waals surface area contributed by atoms with Crippen LogP contribution in [-0.2, 0) is 13.2 Å². The van der Waals surface area contributed by atoms with Crippen molar-refractivity contribution < 1.29 is 18.7 Å². The summed E-state index contributed by atoms with van der Waals surface area (Å²) in [4.78, 5) is 29.2. The van der Waals surface area contributed by atoms with E-state index >= 15 is 0 Å². The van der Waals surface area contributed by atoms with E-state index in [1.807, 2.05) is 79.7 Å². The van der Waals surface area contributed by atoms with Crippen molar-refractivity contribution >= 4 is 16.9 Å². The molecule has 6 rings (SSSR count). The standard InChI is InChI=1S/C33H27NO5/c1-21-12-14-22(15-13-21)19-34-30(29-31(35)25-10-6-7-11-26(25)39-32(29)33(34)36)24-16-17-27(28(18-24)37-2)38-20-23-8-4-3-5-9-23/h3-18,30H,19-20H2,1-2H3. The van der Waals surface area contributed by atoms with Crippen LogP contribution in [0.2, 0.25) is 0 Å². The maximum atomic E-state index is 13.8. The summed E-state index contributed by atoms with van der Waals surface area (Å²) in [5.41, 5.74) is 4.38. The molecule has 0 fully saturated rings. The fourth-order valence-electron chi connectivity index (χ4n) is 5.08. The highest BCUT2D eigenvalue weighted by Crippen LogP contribution is 2.41. The van der Waals surface area contributed by atoms with Crippen molar-refractivity contribution in [2.75, 3.05) is 7.11 Å². The van der Waals surface area contributed by atoms with E-state index in [1.54, 1.807) is 36.3 Å².